The Labute approximate surface area is 164 Å². The molecule has 1 aromatic heterocycles. The van der Waals surface area contributed by atoms with Gasteiger partial charge in [0.1, 0.15) is 0 Å². The van der Waals surface area contributed by atoms with E-state index >= 15 is 0 Å². The summed E-state index contributed by atoms with van der Waals surface area (Å²) in [6, 6.07) is 9.04. The fourth-order valence-electron chi connectivity index (χ4n) is 3.32. The molecule has 148 valence electrons. The average Bonchev–Trinajstić information content (AvgIpc) is 3.33. The Balaban J connectivity index is 1.59. The highest BCUT2D eigenvalue weighted by Crippen LogP contribution is 2.27. The Morgan fingerprint density at radius 2 is 1.72 bits per heavy atom. The first kappa shape index (κ1) is 18.7. The lowest BCUT2D eigenvalue weighted by Gasteiger charge is -2.17. The summed E-state index contributed by atoms with van der Waals surface area (Å²) in [5, 5.41) is 16.7. The minimum atomic E-state index is -0.935. The van der Waals surface area contributed by atoms with Crippen molar-refractivity contribution < 1.29 is 23.5 Å². The molecule has 0 saturated heterocycles. The molecule has 3 aromatic rings. The summed E-state index contributed by atoms with van der Waals surface area (Å²) in [7, 11) is 0. The fourth-order valence-corrected chi connectivity index (χ4v) is 3.32. The second kappa shape index (κ2) is 7.42. The monoisotopic (exact) mass is 398 g/mol. The SMILES string of the molecule is O=C(O)CCc1cn(-c2ccccc2C(=O)N2Cc3cc(F)c(F)cc3C2)nn1. The van der Waals surface area contributed by atoms with E-state index in [0.717, 1.165) is 12.1 Å². The second-order valence-electron chi connectivity index (χ2n) is 6.76. The van der Waals surface area contributed by atoms with E-state index in [1.54, 1.807) is 30.5 Å². The van der Waals surface area contributed by atoms with E-state index in [0.29, 0.717) is 28.1 Å². The Morgan fingerprint density at radius 1 is 1.07 bits per heavy atom. The molecule has 0 unspecified atom stereocenters. The third-order valence-electron chi connectivity index (χ3n) is 4.77. The number of benzene rings is 2. The van der Waals surface area contributed by atoms with Crippen LogP contribution >= 0.6 is 0 Å². The van der Waals surface area contributed by atoms with Gasteiger partial charge in [0.25, 0.3) is 5.91 Å². The van der Waals surface area contributed by atoms with Crippen molar-refractivity contribution >= 4 is 11.9 Å². The number of hydrogen-bond acceptors (Lipinski definition) is 4. The zero-order valence-corrected chi connectivity index (χ0v) is 15.2. The standard InChI is InChI=1S/C20H16F2N4O3/c21-16-7-12-9-25(10-13(12)8-17(16)22)20(29)15-3-1-2-4-18(15)26-11-14(23-24-26)5-6-19(27)28/h1-4,7-8,11H,5-6,9-10H2,(H,27,28). The van der Waals surface area contributed by atoms with E-state index in [1.807, 2.05) is 0 Å². The van der Waals surface area contributed by atoms with Gasteiger partial charge in [0.15, 0.2) is 11.6 Å². The van der Waals surface area contributed by atoms with Gasteiger partial charge < -0.3 is 10.0 Å². The van der Waals surface area contributed by atoms with Crippen LogP contribution < -0.4 is 0 Å². The number of carbonyl (C=O) groups excluding carboxylic acids is 1. The van der Waals surface area contributed by atoms with Gasteiger partial charge in [0.2, 0.25) is 0 Å². The van der Waals surface area contributed by atoms with E-state index in [2.05, 4.69) is 10.3 Å². The summed E-state index contributed by atoms with van der Waals surface area (Å²) < 4.78 is 28.4. The summed E-state index contributed by atoms with van der Waals surface area (Å²) in [6.45, 7) is 0.363. The number of fused-ring (bicyclic) bond motifs is 1. The van der Waals surface area contributed by atoms with Crippen molar-refractivity contribution in [3.63, 3.8) is 0 Å². The topological polar surface area (TPSA) is 88.3 Å². The number of aliphatic carboxylic acids is 1. The summed E-state index contributed by atoms with van der Waals surface area (Å²) >= 11 is 0. The molecule has 1 N–H and O–H groups in total. The highest BCUT2D eigenvalue weighted by molar-refractivity contribution is 5.98. The summed E-state index contributed by atoms with van der Waals surface area (Å²) in [6.07, 6.45) is 1.74. The number of hydrogen-bond donors (Lipinski definition) is 1. The number of aromatic nitrogens is 3. The molecule has 0 fully saturated rings. The van der Waals surface area contributed by atoms with Gasteiger partial charge in [0, 0.05) is 19.5 Å². The van der Waals surface area contributed by atoms with Gasteiger partial charge in [-0.1, -0.05) is 17.3 Å². The van der Waals surface area contributed by atoms with Crippen molar-refractivity contribution in [2.24, 2.45) is 0 Å². The smallest absolute Gasteiger partial charge is 0.303 e. The molecule has 1 aliphatic rings. The molecule has 0 bridgehead atoms. The van der Waals surface area contributed by atoms with Crippen LogP contribution in [0.4, 0.5) is 8.78 Å². The van der Waals surface area contributed by atoms with Crippen LogP contribution in [-0.4, -0.2) is 36.9 Å². The first-order chi connectivity index (χ1) is 13.9. The van der Waals surface area contributed by atoms with Gasteiger partial charge in [0.05, 0.1) is 29.6 Å². The molecule has 29 heavy (non-hydrogen) atoms. The van der Waals surface area contributed by atoms with Crippen LogP contribution in [0.2, 0.25) is 0 Å². The molecule has 7 nitrogen and oxygen atoms in total. The molecule has 0 saturated carbocycles. The highest BCUT2D eigenvalue weighted by atomic mass is 19.2. The van der Waals surface area contributed by atoms with Gasteiger partial charge in [-0.25, -0.2) is 13.5 Å². The third-order valence-corrected chi connectivity index (χ3v) is 4.77. The quantitative estimate of drug-likeness (QED) is 0.714. The predicted molar refractivity (Wildman–Crippen MR) is 97.3 cm³/mol. The maximum absolute atomic E-state index is 13.5. The van der Waals surface area contributed by atoms with Crippen molar-refractivity contribution in [2.75, 3.05) is 0 Å². The average molecular weight is 398 g/mol. The third kappa shape index (κ3) is 3.71. The predicted octanol–water partition coefficient (Wildman–Crippen LogP) is 2.72. The van der Waals surface area contributed by atoms with Crippen LogP contribution in [0.25, 0.3) is 5.69 Å². The lowest BCUT2D eigenvalue weighted by molar-refractivity contribution is -0.136. The van der Waals surface area contributed by atoms with E-state index in [9.17, 15) is 18.4 Å². The normalized spacial score (nSPS) is 12.8. The molecular weight excluding hydrogens is 382 g/mol. The lowest BCUT2D eigenvalue weighted by Crippen LogP contribution is -2.26. The van der Waals surface area contributed by atoms with Crippen molar-refractivity contribution in [3.05, 3.63) is 76.6 Å². The number of amides is 1. The molecule has 9 heteroatoms. The van der Waals surface area contributed by atoms with Gasteiger partial charge in [-0.3, -0.25) is 9.59 Å². The minimum absolute atomic E-state index is 0.0710. The van der Waals surface area contributed by atoms with E-state index in [-0.39, 0.29) is 31.8 Å². The number of halogens is 2. The maximum atomic E-state index is 13.5. The fraction of sp³-hybridized carbons (Fsp3) is 0.200. The van der Waals surface area contributed by atoms with Crippen molar-refractivity contribution in [1.29, 1.82) is 0 Å². The summed E-state index contributed by atoms with van der Waals surface area (Å²) in [5.41, 5.74) is 2.49. The van der Waals surface area contributed by atoms with E-state index in [4.69, 9.17) is 5.11 Å². The van der Waals surface area contributed by atoms with Gasteiger partial charge in [-0.05, 0) is 35.4 Å². The molecule has 4 rings (SSSR count). The summed E-state index contributed by atoms with van der Waals surface area (Å²) in [5.74, 6) is -3.11. The molecule has 2 heterocycles. The number of nitrogens with zero attached hydrogens (tertiary/aromatic N) is 4. The van der Waals surface area contributed by atoms with Crippen LogP contribution in [-0.2, 0) is 24.3 Å². The molecule has 1 aliphatic heterocycles. The first-order valence-electron chi connectivity index (χ1n) is 8.91. The molecule has 0 radical (unpaired) electrons. The number of carboxylic acids is 1. The molecule has 0 atom stereocenters. The van der Waals surface area contributed by atoms with Gasteiger partial charge in [-0.15, -0.1) is 5.10 Å². The zero-order valence-electron chi connectivity index (χ0n) is 15.2. The maximum Gasteiger partial charge on any atom is 0.303 e. The second-order valence-corrected chi connectivity index (χ2v) is 6.76. The Hall–Kier alpha value is -3.62. The van der Waals surface area contributed by atoms with Gasteiger partial charge >= 0.3 is 5.97 Å². The molecule has 0 aliphatic carbocycles. The number of para-hydroxylation sites is 1. The lowest BCUT2D eigenvalue weighted by atomic mass is 10.1. The molecule has 0 spiro atoms. The number of carbonyl (C=O) groups is 2. The highest BCUT2D eigenvalue weighted by Gasteiger charge is 2.27. The summed E-state index contributed by atoms with van der Waals surface area (Å²) in [4.78, 5) is 25.3. The van der Waals surface area contributed by atoms with Crippen LogP contribution in [0, 0.1) is 11.6 Å². The number of carboxylic acid groups (broad SMARTS) is 1. The van der Waals surface area contributed by atoms with Crippen LogP contribution in [0.15, 0.2) is 42.6 Å². The van der Waals surface area contributed by atoms with E-state index < -0.39 is 17.6 Å². The van der Waals surface area contributed by atoms with E-state index in [1.165, 1.54) is 9.58 Å². The number of aryl methyl sites for hydroxylation is 1. The zero-order chi connectivity index (χ0) is 20.5. The largest absolute Gasteiger partial charge is 0.481 e. The van der Waals surface area contributed by atoms with Crippen LogP contribution in [0.5, 0.6) is 0 Å². The van der Waals surface area contributed by atoms with Crippen molar-refractivity contribution in [3.8, 4) is 5.69 Å². The molecule has 1 amide bonds. The Kier molecular flexibility index (Phi) is 4.79. The first-order valence-corrected chi connectivity index (χ1v) is 8.91. The van der Waals surface area contributed by atoms with Crippen LogP contribution in [0.3, 0.4) is 0 Å². The molecular formula is C20H16F2N4O3. The molecule has 2 aromatic carbocycles. The Morgan fingerprint density at radius 3 is 2.38 bits per heavy atom. The van der Waals surface area contributed by atoms with Crippen molar-refractivity contribution in [2.45, 2.75) is 25.9 Å². The minimum Gasteiger partial charge on any atom is -0.481 e. The van der Waals surface area contributed by atoms with Gasteiger partial charge in [-0.2, -0.15) is 0 Å². The van der Waals surface area contributed by atoms with Crippen molar-refractivity contribution in [1.82, 2.24) is 19.9 Å². The van der Waals surface area contributed by atoms with Crippen LogP contribution in [0.1, 0.15) is 33.6 Å². The number of rotatable bonds is 5. The Bertz CT molecular complexity index is 1080.